The number of nitrogens with one attached hydrogen (secondary N) is 2. The molecule has 0 saturated carbocycles. The average molecular weight is 494 g/mol. The summed E-state index contributed by atoms with van der Waals surface area (Å²) < 4.78 is 5.47. The van der Waals surface area contributed by atoms with Crippen molar-refractivity contribution in [2.45, 2.75) is 45.6 Å². The Hall–Kier alpha value is -0.380. The van der Waals surface area contributed by atoms with Crippen LogP contribution in [-0.2, 0) is 10.2 Å². The second kappa shape index (κ2) is 10.8. The molecular weight excluding hydrogens is 459 g/mol. The number of guanidine groups is 1. The summed E-state index contributed by atoms with van der Waals surface area (Å²) in [6.45, 7) is 17.3. The highest BCUT2D eigenvalue weighted by molar-refractivity contribution is 14.0. The van der Waals surface area contributed by atoms with Gasteiger partial charge in [-0.3, -0.25) is 9.89 Å². The molecule has 2 N–H and O–H groups in total. The largest absolute Gasteiger partial charge is 0.379 e. The minimum Gasteiger partial charge on any atom is -0.379 e. The number of hydrogen-bond acceptors (Lipinski definition) is 4. The predicted molar refractivity (Wildman–Crippen MR) is 123 cm³/mol. The van der Waals surface area contributed by atoms with Crippen LogP contribution >= 0.6 is 35.3 Å². The molecule has 0 unspecified atom stereocenters. The van der Waals surface area contributed by atoms with E-state index < -0.39 is 0 Å². The van der Waals surface area contributed by atoms with Crippen molar-refractivity contribution < 1.29 is 4.74 Å². The first-order chi connectivity index (χ1) is 11.8. The molecule has 150 valence electrons. The van der Waals surface area contributed by atoms with Gasteiger partial charge in [-0.2, -0.15) is 0 Å². The van der Waals surface area contributed by atoms with E-state index in [4.69, 9.17) is 9.73 Å². The molecule has 0 aliphatic carbocycles. The van der Waals surface area contributed by atoms with Crippen molar-refractivity contribution in [1.29, 1.82) is 0 Å². The minimum absolute atomic E-state index is 0. The summed E-state index contributed by atoms with van der Waals surface area (Å²) in [5.41, 5.74) is 0.124. The van der Waals surface area contributed by atoms with E-state index in [0.717, 1.165) is 51.9 Å². The van der Waals surface area contributed by atoms with Gasteiger partial charge in [0.15, 0.2) is 5.96 Å². The van der Waals surface area contributed by atoms with Gasteiger partial charge in [0.05, 0.1) is 19.8 Å². The second-order valence-electron chi connectivity index (χ2n) is 7.82. The van der Waals surface area contributed by atoms with Crippen molar-refractivity contribution in [3.8, 4) is 0 Å². The number of rotatable bonds is 7. The number of ether oxygens (including phenoxy) is 1. The summed E-state index contributed by atoms with van der Waals surface area (Å²) >= 11 is 1.81. The number of halogens is 1. The quantitative estimate of drug-likeness (QED) is 0.347. The first-order valence-electron chi connectivity index (χ1n) is 9.24. The summed E-state index contributed by atoms with van der Waals surface area (Å²) in [5.74, 6) is 0.897. The zero-order valence-electron chi connectivity index (χ0n) is 16.8. The third kappa shape index (κ3) is 6.98. The van der Waals surface area contributed by atoms with E-state index in [1.807, 2.05) is 11.3 Å². The Morgan fingerprint density at radius 1 is 1.23 bits per heavy atom. The Labute approximate surface area is 180 Å². The van der Waals surface area contributed by atoms with Crippen molar-refractivity contribution >= 4 is 41.3 Å². The van der Waals surface area contributed by atoms with Gasteiger partial charge in [-0.05, 0) is 32.2 Å². The van der Waals surface area contributed by atoms with Crippen LogP contribution < -0.4 is 10.6 Å². The Bertz CT molecular complexity index is 540. The lowest BCUT2D eigenvalue weighted by Crippen LogP contribution is -2.52. The SMILES string of the molecule is CCNC(=NCC(C)(C)N1CCOCC1)NCC(C)(C)c1cccs1.I. The molecule has 1 aliphatic heterocycles. The summed E-state index contributed by atoms with van der Waals surface area (Å²) in [7, 11) is 0. The summed E-state index contributed by atoms with van der Waals surface area (Å²) in [6, 6.07) is 4.32. The Morgan fingerprint density at radius 3 is 2.50 bits per heavy atom. The van der Waals surface area contributed by atoms with Crippen LogP contribution in [0.25, 0.3) is 0 Å². The third-order valence-electron chi connectivity index (χ3n) is 4.72. The molecule has 2 heterocycles. The van der Waals surface area contributed by atoms with Gasteiger partial charge >= 0.3 is 0 Å². The zero-order chi connectivity index (χ0) is 18.3. The van der Waals surface area contributed by atoms with Gasteiger partial charge in [0.2, 0.25) is 0 Å². The zero-order valence-corrected chi connectivity index (χ0v) is 19.9. The number of hydrogen-bond donors (Lipinski definition) is 2. The van der Waals surface area contributed by atoms with E-state index in [2.05, 4.69) is 67.7 Å². The molecule has 2 rings (SSSR count). The number of aliphatic imine (C=N–C) groups is 1. The molecule has 0 spiro atoms. The molecule has 5 nitrogen and oxygen atoms in total. The van der Waals surface area contributed by atoms with E-state index in [1.165, 1.54) is 4.88 Å². The van der Waals surface area contributed by atoms with Crippen LogP contribution in [0.3, 0.4) is 0 Å². The van der Waals surface area contributed by atoms with Crippen LogP contribution in [0.1, 0.15) is 39.5 Å². The fraction of sp³-hybridized carbons (Fsp3) is 0.737. The average Bonchev–Trinajstić information content (AvgIpc) is 3.14. The smallest absolute Gasteiger partial charge is 0.191 e. The Morgan fingerprint density at radius 2 is 1.92 bits per heavy atom. The fourth-order valence-corrected chi connectivity index (χ4v) is 3.79. The molecule has 1 aromatic rings. The number of morpholine rings is 1. The highest BCUT2D eigenvalue weighted by atomic mass is 127. The molecule has 1 aliphatic rings. The van der Waals surface area contributed by atoms with Gasteiger partial charge in [0.1, 0.15) is 0 Å². The van der Waals surface area contributed by atoms with Crippen molar-refractivity contribution in [3.63, 3.8) is 0 Å². The second-order valence-corrected chi connectivity index (χ2v) is 8.77. The normalized spacial score (nSPS) is 16.9. The van der Waals surface area contributed by atoms with Gasteiger partial charge in [-0.15, -0.1) is 35.3 Å². The Kier molecular flexibility index (Phi) is 9.85. The van der Waals surface area contributed by atoms with Crippen molar-refractivity contribution in [2.75, 3.05) is 45.9 Å². The maximum absolute atomic E-state index is 5.47. The van der Waals surface area contributed by atoms with E-state index in [0.29, 0.717) is 0 Å². The molecule has 0 radical (unpaired) electrons. The van der Waals surface area contributed by atoms with Crippen LogP contribution in [-0.4, -0.2) is 62.3 Å². The topological polar surface area (TPSA) is 48.9 Å². The molecule has 1 saturated heterocycles. The van der Waals surface area contributed by atoms with Gasteiger partial charge in [0, 0.05) is 42.0 Å². The van der Waals surface area contributed by atoms with E-state index in [1.54, 1.807) is 0 Å². The molecule has 0 amide bonds. The van der Waals surface area contributed by atoms with Crippen LogP contribution in [0.15, 0.2) is 22.5 Å². The van der Waals surface area contributed by atoms with Gasteiger partial charge in [-0.1, -0.05) is 19.9 Å². The van der Waals surface area contributed by atoms with Crippen LogP contribution in [0.5, 0.6) is 0 Å². The molecule has 1 aromatic heterocycles. The highest BCUT2D eigenvalue weighted by Gasteiger charge is 2.28. The Balaban J connectivity index is 0.00000338. The summed E-state index contributed by atoms with van der Waals surface area (Å²) in [5, 5.41) is 9.04. The molecule has 1 fully saturated rings. The maximum atomic E-state index is 5.47. The lowest BCUT2D eigenvalue weighted by Gasteiger charge is -2.40. The van der Waals surface area contributed by atoms with E-state index in [-0.39, 0.29) is 34.9 Å². The van der Waals surface area contributed by atoms with Crippen molar-refractivity contribution in [3.05, 3.63) is 22.4 Å². The van der Waals surface area contributed by atoms with Crippen LogP contribution in [0, 0.1) is 0 Å². The third-order valence-corrected chi connectivity index (χ3v) is 5.96. The predicted octanol–water partition coefficient (Wildman–Crippen LogP) is 3.31. The highest BCUT2D eigenvalue weighted by Crippen LogP contribution is 2.26. The standard InChI is InChI=1S/C19H34N4OS.HI/c1-6-20-17(21-14-18(2,3)16-8-7-13-25-16)22-15-19(4,5)23-9-11-24-12-10-23;/h7-8,13H,6,9-12,14-15H2,1-5H3,(H2,20,21,22);1H. The molecule has 0 bridgehead atoms. The molecule has 7 heteroatoms. The summed E-state index contributed by atoms with van der Waals surface area (Å²) in [6.07, 6.45) is 0. The summed E-state index contributed by atoms with van der Waals surface area (Å²) in [4.78, 5) is 8.72. The minimum atomic E-state index is 0. The monoisotopic (exact) mass is 494 g/mol. The van der Waals surface area contributed by atoms with Crippen LogP contribution in [0.2, 0.25) is 0 Å². The molecule has 0 atom stereocenters. The van der Waals surface area contributed by atoms with Crippen molar-refractivity contribution in [2.24, 2.45) is 4.99 Å². The molecular formula is C19H35IN4OS. The van der Waals surface area contributed by atoms with Gasteiger partial charge in [0.25, 0.3) is 0 Å². The maximum Gasteiger partial charge on any atom is 0.191 e. The fourth-order valence-electron chi connectivity index (χ4n) is 2.94. The number of thiophene rings is 1. The van der Waals surface area contributed by atoms with Crippen molar-refractivity contribution in [1.82, 2.24) is 15.5 Å². The van der Waals surface area contributed by atoms with Gasteiger partial charge < -0.3 is 15.4 Å². The molecule has 0 aromatic carbocycles. The van der Waals surface area contributed by atoms with Crippen LogP contribution in [0.4, 0.5) is 0 Å². The number of nitrogens with zero attached hydrogens (tertiary/aromatic N) is 2. The lowest BCUT2D eigenvalue weighted by molar-refractivity contribution is -0.00683. The van der Waals surface area contributed by atoms with Gasteiger partial charge in [-0.25, -0.2) is 0 Å². The first-order valence-corrected chi connectivity index (χ1v) is 10.1. The van der Waals surface area contributed by atoms with E-state index >= 15 is 0 Å². The molecule has 26 heavy (non-hydrogen) atoms. The first kappa shape index (κ1) is 23.7. The lowest BCUT2D eigenvalue weighted by atomic mass is 9.91. The van der Waals surface area contributed by atoms with E-state index in [9.17, 15) is 0 Å².